The number of carboxylic acids is 1. The second kappa shape index (κ2) is 10.2. The van der Waals surface area contributed by atoms with Gasteiger partial charge in [0, 0.05) is 19.0 Å². The highest BCUT2D eigenvalue weighted by Crippen LogP contribution is 2.18. The highest BCUT2D eigenvalue weighted by molar-refractivity contribution is 5.72. The third-order valence-corrected chi connectivity index (χ3v) is 4.37. The van der Waals surface area contributed by atoms with Crippen LogP contribution in [0.5, 0.6) is 5.75 Å². The molecule has 0 aliphatic heterocycles. The molecule has 1 heterocycles. The van der Waals surface area contributed by atoms with Crippen molar-refractivity contribution in [3.05, 3.63) is 65.5 Å². The fraction of sp³-hybridized carbons (Fsp3) is 0.273. The van der Waals surface area contributed by atoms with Crippen molar-refractivity contribution in [1.82, 2.24) is 15.5 Å². The maximum absolute atomic E-state index is 12.0. The Bertz CT molecular complexity index is 1030. The van der Waals surface area contributed by atoms with Crippen LogP contribution in [0, 0.1) is 6.92 Å². The summed E-state index contributed by atoms with van der Waals surface area (Å²) in [5, 5.41) is 15.6. The van der Waals surface area contributed by atoms with Crippen LogP contribution < -0.4 is 10.1 Å². The van der Waals surface area contributed by atoms with E-state index in [1.54, 1.807) is 38.1 Å². The lowest BCUT2D eigenvalue weighted by Gasteiger charge is -2.14. The Kier molecular flexibility index (Phi) is 7.21. The van der Waals surface area contributed by atoms with Crippen molar-refractivity contribution in [2.75, 3.05) is 0 Å². The van der Waals surface area contributed by atoms with E-state index in [0.717, 1.165) is 16.7 Å². The second-order valence-electron chi connectivity index (χ2n) is 6.76. The van der Waals surface area contributed by atoms with Crippen LogP contribution in [0.4, 0.5) is 4.79 Å². The van der Waals surface area contributed by atoms with Crippen LogP contribution in [0.25, 0.3) is 11.4 Å². The Morgan fingerprint density at radius 2 is 1.94 bits per heavy atom. The quantitative estimate of drug-likeness (QED) is 0.532. The number of benzene rings is 2. The third-order valence-electron chi connectivity index (χ3n) is 4.37. The summed E-state index contributed by atoms with van der Waals surface area (Å²) in [7, 11) is 0. The average molecular weight is 425 g/mol. The van der Waals surface area contributed by atoms with Gasteiger partial charge in [-0.25, -0.2) is 9.59 Å². The second-order valence-corrected chi connectivity index (χ2v) is 6.76. The molecule has 1 unspecified atom stereocenters. The molecule has 1 atom stereocenters. The topological polar surface area (TPSA) is 124 Å². The highest BCUT2D eigenvalue weighted by atomic mass is 16.5. The SMILES string of the molecule is CCC(Oc1cccc(CNC(=O)OCc2ccc(-c3noc(C)n3)cc2)c1)C(=O)O. The van der Waals surface area contributed by atoms with E-state index in [2.05, 4.69) is 15.5 Å². The van der Waals surface area contributed by atoms with E-state index in [1.165, 1.54) is 0 Å². The molecule has 3 aromatic rings. The number of rotatable bonds is 9. The number of aliphatic carboxylic acids is 1. The smallest absolute Gasteiger partial charge is 0.407 e. The van der Waals surface area contributed by atoms with Crippen molar-refractivity contribution < 1.29 is 28.7 Å². The van der Waals surface area contributed by atoms with Gasteiger partial charge in [-0.05, 0) is 29.7 Å². The molecule has 0 saturated carbocycles. The molecule has 0 spiro atoms. The maximum Gasteiger partial charge on any atom is 0.407 e. The summed E-state index contributed by atoms with van der Waals surface area (Å²) < 4.78 is 15.7. The van der Waals surface area contributed by atoms with Gasteiger partial charge in [0.25, 0.3) is 0 Å². The van der Waals surface area contributed by atoms with Gasteiger partial charge in [-0.1, -0.05) is 48.5 Å². The lowest BCUT2D eigenvalue weighted by Crippen LogP contribution is -2.26. The monoisotopic (exact) mass is 425 g/mol. The van der Waals surface area contributed by atoms with Crippen molar-refractivity contribution in [3.8, 4) is 17.1 Å². The molecule has 3 rings (SSSR count). The largest absolute Gasteiger partial charge is 0.479 e. The number of carbonyl (C=O) groups is 2. The number of amides is 1. The first-order valence-electron chi connectivity index (χ1n) is 9.73. The molecule has 0 aliphatic rings. The Morgan fingerprint density at radius 1 is 1.16 bits per heavy atom. The molecular weight excluding hydrogens is 402 g/mol. The number of ether oxygens (including phenoxy) is 2. The van der Waals surface area contributed by atoms with Gasteiger partial charge in [-0.15, -0.1) is 0 Å². The molecule has 0 bridgehead atoms. The van der Waals surface area contributed by atoms with Crippen LogP contribution in [0.2, 0.25) is 0 Å². The predicted molar refractivity (Wildman–Crippen MR) is 110 cm³/mol. The number of carboxylic acid groups (broad SMARTS) is 1. The molecule has 1 amide bonds. The van der Waals surface area contributed by atoms with Gasteiger partial charge in [0.05, 0.1) is 0 Å². The number of alkyl carbamates (subject to hydrolysis) is 1. The number of carbonyl (C=O) groups excluding carboxylic acids is 1. The molecule has 0 saturated heterocycles. The third kappa shape index (κ3) is 6.30. The molecule has 2 aromatic carbocycles. The van der Waals surface area contributed by atoms with E-state index in [4.69, 9.17) is 19.1 Å². The lowest BCUT2D eigenvalue weighted by molar-refractivity contribution is -0.145. The van der Waals surface area contributed by atoms with Gasteiger partial charge in [-0.2, -0.15) is 4.98 Å². The van der Waals surface area contributed by atoms with Gasteiger partial charge >= 0.3 is 12.1 Å². The van der Waals surface area contributed by atoms with Gasteiger partial charge in [-0.3, -0.25) is 0 Å². The summed E-state index contributed by atoms with van der Waals surface area (Å²) in [6.07, 6.45) is -1.13. The summed E-state index contributed by atoms with van der Waals surface area (Å²) in [6, 6.07) is 14.2. The van der Waals surface area contributed by atoms with Crippen molar-refractivity contribution >= 4 is 12.1 Å². The minimum atomic E-state index is -1.02. The molecule has 0 fully saturated rings. The van der Waals surface area contributed by atoms with Crippen LogP contribution in [0.1, 0.15) is 30.4 Å². The van der Waals surface area contributed by atoms with Gasteiger partial charge < -0.3 is 24.4 Å². The Labute approximate surface area is 179 Å². The van der Waals surface area contributed by atoms with E-state index in [0.29, 0.717) is 23.9 Å². The van der Waals surface area contributed by atoms with Crippen molar-refractivity contribution in [2.24, 2.45) is 0 Å². The van der Waals surface area contributed by atoms with Crippen LogP contribution >= 0.6 is 0 Å². The highest BCUT2D eigenvalue weighted by Gasteiger charge is 2.16. The van der Waals surface area contributed by atoms with E-state index in [-0.39, 0.29) is 13.2 Å². The fourth-order valence-electron chi connectivity index (χ4n) is 2.74. The van der Waals surface area contributed by atoms with E-state index in [1.807, 2.05) is 24.3 Å². The number of nitrogens with one attached hydrogen (secondary N) is 1. The van der Waals surface area contributed by atoms with Gasteiger partial charge in [0.1, 0.15) is 12.4 Å². The molecule has 9 heteroatoms. The van der Waals surface area contributed by atoms with Crippen molar-refractivity contribution in [2.45, 2.75) is 39.5 Å². The fourth-order valence-corrected chi connectivity index (χ4v) is 2.74. The van der Waals surface area contributed by atoms with Gasteiger partial charge in [0.15, 0.2) is 6.10 Å². The maximum atomic E-state index is 12.0. The predicted octanol–water partition coefficient (Wildman–Crippen LogP) is 3.71. The number of nitrogens with zero attached hydrogens (tertiary/aromatic N) is 2. The van der Waals surface area contributed by atoms with Crippen LogP contribution in [0.3, 0.4) is 0 Å². The number of aromatic nitrogens is 2. The zero-order chi connectivity index (χ0) is 22.2. The summed E-state index contributed by atoms with van der Waals surface area (Å²) >= 11 is 0. The Morgan fingerprint density at radius 3 is 2.58 bits per heavy atom. The molecule has 31 heavy (non-hydrogen) atoms. The van der Waals surface area contributed by atoms with Crippen LogP contribution in [-0.2, 0) is 22.7 Å². The zero-order valence-corrected chi connectivity index (χ0v) is 17.2. The van der Waals surface area contributed by atoms with E-state index in [9.17, 15) is 9.59 Å². The Hall–Kier alpha value is -3.88. The number of hydrogen-bond acceptors (Lipinski definition) is 7. The lowest BCUT2D eigenvalue weighted by atomic mass is 10.1. The van der Waals surface area contributed by atoms with Crippen molar-refractivity contribution in [1.29, 1.82) is 0 Å². The van der Waals surface area contributed by atoms with Gasteiger partial charge in [0.2, 0.25) is 11.7 Å². The number of aryl methyl sites for hydroxylation is 1. The summed E-state index contributed by atoms with van der Waals surface area (Å²) in [4.78, 5) is 27.3. The van der Waals surface area contributed by atoms with Crippen LogP contribution in [-0.4, -0.2) is 33.4 Å². The minimum Gasteiger partial charge on any atom is -0.479 e. The molecule has 0 aliphatic carbocycles. The first kappa shape index (κ1) is 21.8. The first-order chi connectivity index (χ1) is 14.9. The molecule has 162 valence electrons. The van der Waals surface area contributed by atoms with Crippen LogP contribution in [0.15, 0.2) is 53.1 Å². The molecule has 9 nitrogen and oxygen atoms in total. The van der Waals surface area contributed by atoms with E-state index < -0.39 is 18.2 Å². The normalized spacial score (nSPS) is 11.5. The molecule has 1 aromatic heterocycles. The minimum absolute atomic E-state index is 0.108. The molecule has 2 N–H and O–H groups in total. The first-order valence-corrected chi connectivity index (χ1v) is 9.73. The summed E-state index contributed by atoms with van der Waals surface area (Å²) in [5.41, 5.74) is 2.38. The Balaban J connectivity index is 1.47. The number of hydrogen-bond donors (Lipinski definition) is 2. The van der Waals surface area contributed by atoms with Crippen molar-refractivity contribution in [3.63, 3.8) is 0 Å². The summed E-state index contributed by atoms with van der Waals surface area (Å²) in [6.45, 7) is 3.78. The zero-order valence-electron chi connectivity index (χ0n) is 17.2. The summed E-state index contributed by atoms with van der Waals surface area (Å²) in [5.74, 6) is 0.402. The molecular formula is C22H23N3O6. The van der Waals surface area contributed by atoms with E-state index >= 15 is 0 Å². The molecule has 0 radical (unpaired) electrons. The average Bonchev–Trinajstić information content (AvgIpc) is 3.21. The standard InChI is InChI=1S/C22H23N3O6/c1-3-19(21(26)27)30-18-6-4-5-16(11-18)12-23-22(28)29-13-15-7-9-17(10-8-15)20-24-14(2)31-25-20/h4-11,19H,3,12-13H2,1-2H3,(H,23,28)(H,26,27).